The molecule has 1 aromatic carbocycles. The summed E-state index contributed by atoms with van der Waals surface area (Å²) in [5.74, 6) is 5.43. The van der Waals surface area contributed by atoms with Crippen LogP contribution in [0, 0.1) is 11.8 Å². The minimum absolute atomic E-state index is 0.0515. The Balaban J connectivity index is 2.42. The third-order valence-corrected chi connectivity index (χ3v) is 5.54. The van der Waals surface area contributed by atoms with Crippen LogP contribution in [0.4, 0.5) is 0 Å². The number of hydrogen-bond acceptors (Lipinski definition) is 3. The van der Waals surface area contributed by atoms with Gasteiger partial charge in [-0.2, -0.15) is 0 Å². The molecule has 0 spiro atoms. The number of nitrogens with two attached hydrogens (primary N) is 1. The zero-order valence-electron chi connectivity index (χ0n) is 10.8. The van der Waals surface area contributed by atoms with E-state index in [0.717, 1.165) is 12.8 Å². The Morgan fingerprint density at radius 2 is 1.90 bits per heavy atom. The molecule has 108 valence electrons. The van der Waals surface area contributed by atoms with Crippen LogP contribution in [-0.4, -0.2) is 20.5 Å². The molecule has 1 aliphatic rings. The molecule has 20 heavy (non-hydrogen) atoms. The van der Waals surface area contributed by atoms with Crippen LogP contribution in [0.3, 0.4) is 0 Å². The molecule has 0 aliphatic heterocycles. The van der Waals surface area contributed by atoms with Crippen LogP contribution in [0.15, 0.2) is 17.0 Å². The van der Waals surface area contributed by atoms with Gasteiger partial charge in [0.2, 0.25) is 10.0 Å². The highest BCUT2D eigenvalue weighted by Crippen LogP contribution is 2.38. The molecular weight excluding hydrogens is 319 g/mol. The van der Waals surface area contributed by atoms with Gasteiger partial charge in [-0.3, -0.25) is 0 Å². The first-order valence-corrected chi connectivity index (χ1v) is 8.23. The second kappa shape index (κ2) is 5.55. The van der Waals surface area contributed by atoms with Crippen LogP contribution in [0.5, 0.6) is 0 Å². The number of benzene rings is 1. The van der Waals surface area contributed by atoms with E-state index in [9.17, 15) is 8.42 Å². The van der Waals surface area contributed by atoms with Gasteiger partial charge in [-0.05, 0) is 31.9 Å². The van der Waals surface area contributed by atoms with Crippen molar-refractivity contribution in [3.05, 3.63) is 27.7 Å². The Morgan fingerprint density at radius 1 is 1.35 bits per heavy atom. The standard InChI is InChI=1S/C13H14Cl2N2O2S/c1-13(4-5-13)17-20(18,19)12-10(14)7-9(3-2-6-16)8-11(12)15/h7-8,17H,4-6,16H2,1H3. The molecule has 4 nitrogen and oxygen atoms in total. The van der Waals surface area contributed by atoms with Crippen LogP contribution in [-0.2, 0) is 10.0 Å². The molecule has 0 amide bonds. The van der Waals surface area contributed by atoms with Gasteiger partial charge in [0.25, 0.3) is 0 Å². The lowest BCUT2D eigenvalue weighted by Gasteiger charge is -2.14. The number of hydrogen-bond donors (Lipinski definition) is 2. The molecular formula is C13H14Cl2N2O2S. The molecule has 0 radical (unpaired) electrons. The molecule has 7 heteroatoms. The van der Waals surface area contributed by atoms with E-state index in [1.165, 1.54) is 12.1 Å². The second-order valence-electron chi connectivity index (χ2n) is 4.94. The quantitative estimate of drug-likeness (QED) is 0.833. The molecule has 0 unspecified atom stereocenters. The van der Waals surface area contributed by atoms with Crippen molar-refractivity contribution in [3.8, 4) is 11.8 Å². The van der Waals surface area contributed by atoms with Crippen LogP contribution < -0.4 is 10.5 Å². The Morgan fingerprint density at radius 3 is 2.35 bits per heavy atom. The Labute approximate surface area is 128 Å². The van der Waals surface area contributed by atoms with Crippen LogP contribution in [0.25, 0.3) is 0 Å². The summed E-state index contributed by atoms with van der Waals surface area (Å²) in [5.41, 5.74) is 5.43. The molecule has 0 bridgehead atoms. The zero-order chi connectivity index (χ0) is 15.0. The van der Waals surface area contributed by atoms with Crippen molar-refractivity contribution in [1.29, 1.82) is 0 Å². The third kappa shape index (κ3) is 3.46. The molecule has 1 aromatic rings. The molecule has 0 atom stereocenters. The first-order chi connectivity index (χ1) is 9.27. The van der Waals surface area contributed by atoms with Gasteiger partial charge < -0.3 is 5.73 Å². The highest BCUT2D eigenvalue weighted by molar-refractivity contribution is 7.89. The fourth-order valence-electron chi connectivity index (χ4n) is 1.71. The minimum Gasteiger partial charge on any atom is -0.320 e. The summed E-state index contributed by atoms with van der Waals surface area (Å²) in [6.45, 7) is 2.04. The van der Waals surface area contributed by atoms with E-state index in [2.05, 4.69) is 16.6 Å². The number of nitrogens with one attached hydrogen (secondary N) is 1. The number of sulfonamides is 1. The van der Waals surface area contributed by atoms with Gasteiger partial charge in [0.05, 0.1) is 16.6 Å². The lowest BCUT2D eigenvalue weighted by molar-refractivity contribution is 0.558. The van der Waals surface area contributed by atoms with Crippen molar-refractivity contribution in [1.82, 2.24) is 4.72 Å². The molecule has 0 saturated heterocycles. The van der Waals surface area contributed by atoms with E-state index in [4.69, 9.17) is 28.9 Å². The molecule has 0 aromatic heterocycles. The van der Waals surface area contributed by atoms with E-state index in [-0.39, 0.29) is 27.0 Å². The lowest BCUT2D eigenvalue weighted by Crippen LogP contribution is -2.34. The zero-order valence-corrected chi connectivity index (χ0v) is 13.2. The highest BCUT2D eigenvalue weighted by atomic mass is 35.5. The summed E-state index contributed by atoms with van der Waals surface area (Å²) in [5, 5.41) is 0.103. The average Bonchev–Trinajstić information content (AvgIpc) is 3.01. The van der Waals surface area contributed by atoms with Crippen LogP contribution in [0.1, 0.15) is 25.3 Å². The normalized spacial score (nSPS) is 16.4. The van der Waals surface area contributed by atoms with E-state index in [1.807, 2.05) is 6.92 Å². The minimum atomic E-state index is -3.74. The SMILES string of the molecule is CC1(NS(=O)(=O)c2c(Cl)cc(C#CCN)cc2Cl)CC1. The van der Waals surface area contributed by atoms with Gasteiger partial charge in [-0.1, -0.05) is 35.0 Å². The van der Waals surface area contributed by atoms with Crippen molar-refractivity contribution >= 4 is 33.2 Å². The Bertz CT molecular complexity index is 678. The summed E-state index contributed by atoms with van der Waals surface area (Å²) in [6.07, 6.45) is 1.61. The maximum absolute atomic E-state index is 12.3. The summed E-state index contributed by atoms with van der Waals surface area (Å²) < 4.78 is 27.3. The predicted octanol–water partition coefficient (Wildman–Crippen LogP) is 2.13. The average molecular weight is 333 g/mol. The van der Waals surface area contributed by atoms with E-state index < -0.39 is 10.0 Å². The Hall–Kier alpha value is -0.770. The fourth-order valence-corrected chi connectivity index (χ4v) is 4.39. The maximum atomic E-state index is 12.3. The summed E-state index contributed by atoms with van der Waals surface area (Å²) >= 11 is 12.1. The largest absolute Gasteiger partial charge is 0.320 e. The molecule has 0 heterocycles. The van der Waals surface area contributed by atoms with Crippen molar-refractivity contribution in [2.24, 2.45) is 5.73 Å². The molecule has 3 N–H and O–H groups in total. The van der Waals surface area contributed by atoms with Gasteiger partial charge in [-0.25, -0.2) is 13.1 Å². The van der Waals surface area contributed by atoms with Gasteiger partial charge in [0.15, 0.2) is 0 Å². The number of halogens is 2. The van der Waals surface area contributed by atoms with Gasteiger partial charge in [0.1, 0.15) is 4.90 Å². The lowest BCUT2D eigenvalue weighted by atomic mass is 10.2. The monoisotopic (exact) mass is 332 g/mol. The first-order valence-electron chi connectivity index (χ1n) is 5.99. The predicted molar refractivity (Wildman–Crippen MR) is 80.4 cm³/mol. The van der Waals surface area contributed by atoms with Gasteiger partial charge in [-0.15, -0.1) is 0 Å². The van der Waals surface area contributed by atoms with E-state index in [0.29, 0.717) is 5.56 Å². The molecule has 1 fully saturated rings. The van der Waals surface area contributed by atoms with Gasteiger partial charge in [0, 0.05) is 11.1 Å². The van der Waals surface area contributed by atoms with Crippen LogP contribution in [0.2, 0.25) is 10.0 Å². The van der Waals surface area contributed by atoms with Crippen molar-refractivity contribution in [3.63, 3.8) is 0 Å². The van der Waals surface area contributed by atoms with E-state index >= 15 is 0 Å². The smallest absolute Gasteiger partial charge is 0.244 e. The highest BCUT2D eigenvalue weighted by Gasteiger charge is 2.42. The molecule has 1 aliphatic carbocycles. The van der Waals surface area contributed by atoms with Crippen molar-refractivity contribution < 1.29 is 8.42 Å². The number of rotatable bonds is 3. The summed E-state index contributed by atoms with van der Waals surface area (Å²) in [6, 6.07) is 2.94. The van der Waals surface area contributed by atoms with Crippen molar-refractivity contribution in [2.45, 2.75) is 30.2 Å². The summed E-state index contributed by atoms with van der Waals surface area (Å²) in [4.78, 5) is -0.104. The topological polar surface area (TPSA) is 72.2 Å². The third-order valence-electron chi connectivity index (χ3n) is 2.98. The fraction of sp³-hybridized carbons (Fsp3) is 0.385. The van der Waals surface area contributed by atoms with Crippen molar-refractivity contribution in [2.75, 3.05) is 6.54 Å². The molecule has 1 saturated carbocycles. The second-order valence-corrected chi connectivity index (χ2v) is 7.37. The van der Waals surface area contributed by atoms with E-state index in [1.54, 1.807) is 0 Å². The molecule has 2 rings (SSSR count). The Kier molecular flexibility index (Phi) is 4.33. The van der Waals surface area contributed by atoms with Gasteiger partial charge >= 0.3 is 0 Å². The first kappa shape index (κ1) is 15.6. The maximum Gasteiger partial charge on any atom is 0.244 e. The summed E-state index contributed by atoms with van der Waals surface area (Å²) in [7, 11) is -3.74. The van der Waals surface area contributed by atoms with Crippen LogP contribution >= 0.6 is 23.2 Å².